The van der Waals surface area contributed by atoms with Gasteiger partial charge in [0.15, 0.2) is 0 Å². The van der Waals surface area contributed by atoms with Gasteiger partial charge in [-0.2, -0.15) is 0 Å². The first kappa shape index (κ1) is 18.3. The van der Waals surface area contributed by atoms with E-state index in [0.717, 1.165) is 48.9 Å². The predicted octanol–water partition coefficient (Wildman–Crippen LogP) is 2.60. The maximum Gasteiger partial charge on any atom is 0.0659 e. The molecule has 1 aliphatic heterocycles. The van der Waals surface area contributed by atoms with Crippen LogP contribution in [0.3, 0.4) is 0 Å². The summed E-state index contributed by atoms with van der Waals surface area (Å²) < 4.78 is 0. The van der Waals surface area contributed by atoms with Crippen molar-refractivity contribution < 1.29 is 5.11 Å². The van der Waals surface area contributed by atoms with E-state index in [-0.39, 0.29) is 30.4 Å². The molecule has 0 aromatic carbocycles. The number of piperidine rings is 1. The van der Waals surface area contributed by atoms with Gasteiger partial charge in [-0.05, 0) is 100 Å². The monoisotopic (exact) mass is 362 g/mol. The van der Waals surface area contributed by atoms with Crippen LogP contribution in [0, 0.1) is 35.0 Å². The summed E-state index contributed by atoms with van der Waals surface area (Å²) in [7, 11) is 0. The van der Waals surface area contributed by atoms with Crippen molar-refractivity contribution in [1.29, 1.82) is 0 Å². The lowest BCUT2D eigenvalue weighted by Gasteiger charge is -2.62. The van der Waals surface area contributed by atoms with Crippen LogP contribution in [0.5, 0.6) is 0 Å². The number of hydrogen-bond donors (Lipinski definition) is 3. The van der Waals surface area contributed by atoms with Crippen molar-refractivity contribution >= 4 is 24.8 Å². The van der Waals surface area contributed by atoms with Gasteiger partial charge in [0, 0.05) is 6.04 Å². The van der Waals surface area contributed by atoms with Crippen molar-refractivity contribution in [2.24, 2.45) is 35.0 Å². The van der Waals surface area contributed by atoms with Crippen LogP contribution in [0.15, 0.2) is 0 Å². The van der Waals surface area contributed by atoms with E-state index >= 15 is 0 Å². The van der Waals surface area contributed by atoms with Gasteiger partial charge in [0.1, 0.15) is 0 Å². The van der Waals surface area contributed by atoms with Crippen molar-refractivity contribution in [3.8, 4) is 0 Å². The minimum atomic E-state index is -0.306. The average molecular weight is 363 g/mol. The molecule has 134 valence electrons. The summed E-state index contributed by atoms with van der Waals surface area (Å²) in [6.45, 7) is 6.13. The van der Waals surface area contributed by atoms with Crippen LogP contribution < -0.4 is 10.6 Å². The van der Waals surface area contributed by atoms with E-state index in [0.29, 0.717) is 11.5 Å². The highest BCUT2D eigenvalue weighted by molar-refractivity contribution is 5.85. The van der Waals surface area contributed by atoms with Gasteiger partial charge in [0.25, 0.3) is 0 Å². The lowest BCUT2D eigenvalue weighted by Crippen LogP contribution is -2.61. The molecule has 4 unspecified atom stereocenters. The molecule has 5 saturated carbocycles. The first-order valence-electron chi connectivity index (χ1n) is 9.23. The Labute approximate surface area is 152 Å². The molecule has 4 bridgehead atoms. The minimum Gasteiger partial charge on any atom is -0.390 e. The Morgan fingerprint density at radius 2 is 1.70 bits per heavy atom. The second kappa shape index (κ2) is 6.02. The average Bonchev–Trinajstić information content (AvgIpc) is 2.83. The molecule has 6 rings (SSSR count). The molecule has 3 N–H and O–H groups in total. The van der Waals surface area contributed by atoms with Crippen molar-refractivity contribution in [2.75, 3.05) is 19.6 Å². The molecule has 23 heavy (non-hydrogen) atoms. The van der Waals surface area contributed by atoms with E-state index in [1.54, 1.807) is 0 Å². The Bertz CT molecular complexity index is 436. The maximum absolute atomic E-state index is 10.9. The van der Waals surface area contributed by atoms with Gasteiger partial charge < -0.3 is 15.7 Å². The molecule has 6 atom stereocenters. The number of hydrogen-bond acceptors (Lipinski definition) is 3. The van der Waals surface area contributed by atoms with Gasteiger partial charge in [-0.15, -0.1) is 24.8 Å². The Morgan fingerprint density at radius 3 is 2.26 bits per heavy atom. The Balaban J connectivity index is 0.000000781. The summed E-state index contributed by atoms with van der Waals surface area (Å²) >= 11 is 0. The fourth-order valence-corrected chi connectivity index (χ4v) is 7.17. The molecule has 3 nitrogen and oxygen atoms in total. The van der Waals surface area contributed by atoms with Crippen LogP contribution in [-0.2, 0) is 0 Å². The van der Waals surface area contributed by atoms with Gasteiger partial charge in [-0.25, -0.2) is 0 Å². The largest absolute Gasteiger partial charge is 0.390 e. The quantitative estimate of drug-likeness (QED) is 0.720. The van der Waals surface area contributed by atoms with Crippen LogP contribution in [0.25, 0.3) is 0 Å². The topological polar surface area (TPSA) is 44.3 Å². The second-order valence-electron chi connectivity index (χ2n) is 9.33. The summed E-state index contributed by atoms with van der Waals surface area (Å²) in [5, 5.41) is 18.3. The SMILES string of the molecule is CC(NCC1[C@H]2CNC[C@@H]12)C12CC3CC(CC(O)(C3)C1)C2.Cl.Cl. The zero-order valence-electron chi connectivity index (χ0n) is 14.1. The Kier molecular flexibility index (Phi) is 4.78. The lowest BCUT2D eigenvalue weighted by atomic mass is 9.46. The smallest absolute Gasteiger partial charge is 0.0659 e. The van der Waals surface area contributed by atoms with Crippen molar-refractivity contribution in [1.82, 2.24) is 10.6 Å². The van der Waals surface area contributed by atoms with Crippen LogP contribution in [0.4, 0.5) is 0 Å². The van der Waals surface area contributed by atoms with Crippen molar-refractivity contribution in [3.63, 3.8) is 0 Å². The number of nitrogens with one attached hydrogen (secondary N) is 2. The van der Waals surface area contributed by atoms with Crippen LogP contribution in [0.1, 0.15) is 45.4 Å². The molecule has 0 aromatic heterocycles. The maximum atomic E-state index is 10.9. The highest BCUT2D eigenvalue weighted by Crippen LogP contribution is 2.62. The molecule has 0 spiro atoms. The van der Waals surface area contributed by atoms with E-state index in [1.807, 2.05) is 0 Å². The van der Waals surface area contributed by atoms with Crippen LogP contribution >= 0.6 is 24.8 Å². The first-order valence-corrected chi connectivity index (χ1v) is 9.23. The fraction of sp³-hybridized carbons (Fsp3) is 1.00. The highest BCUT2D eigenvalue weighted by Gasteiger charge is 2.59. The van der Waals surface area contributed by atoms with Gasteiger partial charge >= 0.3 is 0 Å². The number of fused-ring (bicyclic) bond motifs is 1. The first-order chi connectivity index (χ1) is 10.1. The number of rotatable bonds is 4. The summed E-state index contributed by atoms with van der Waals surface area (Å²) in [5.41, 5.74) is 0.0983. The molecule has 1 saturated heterocycles. The molecule has 6 aliphatic rings. The molecular weight excluding hydrogens is 331 g/mol. The summed E-state index contributed by atoms with van der Waals surface area (Å²) in [5.74, 6) is 4.48. The number of halogens is 2. The molecule has 0 radical (unpaired) electrons. The zero-order valence-corrected chi connectivity index (χ0v) is 15.7. The van der Waals surface area contributed by atoms with Crippen LogP contribution in [0.2, 0.25) is 0 Å². The predicted molar refractivity (Wildman–Crippen MR) is 97.4 cm³/mol. The van der Waals surface area contributed by atoms with E-state index in [4.69, 9.17) is 0 Å². The molecule has 1 heterocycles. The third kappa shape index (κ3) is 2.85. The minimum absolute atomic E-state index is 0. The van der Waals surface area contributed by atoms with E-state index in [9.17, 15) is 5.11 Å². The fourth-order valence-electron chi connectivity index (χ4n) is 7.17. The van der Waals surface area contributed by atoms with E-state index in [2.05, 4.69) is 17.6 Å². The Hall–Kier alpha value is 0.460. The van der Waals surface area contributed by atoms with E-state index in [1.165, 1.54) is 38.9 Å². The van der Waals surface area contributed by atoms with Crippen LogP contribution in [-0.4, -0.2) is 36.4 Å². The van der Waals surface area contributed by atoms with E-state index < -0.39 is 0 Å². The number of aliphatic hydroxyl groups is 1. The normalized spacial score (nSPS) is 53.2. The molecule has 0 amide bonds. The third-order valence-corrected chi connectivity index (χ3v) is 7.92. The molecule has 5 heteroatoms. The van der Waals surface area contributed by atoms with Gasteiger partial charge in [-0.3, -0.25) is 0 Å². The molecule has 6 fully saturated rings. The van der Waals surface area contributed by atoms with Gasteiger partial charge in [0.2, 0.25) is 0 Å². The molecule has 0 aromatic rings. The third-order valence-electron chi connectivity index (χ3n) is 7.92. The summed E-state index contributed by atoms with van der Waals surface area (Å²) in [6, 6.07) is 0.587. The zero-order chi connectivity index (χ0) is 14.2. The second-order valence-corrected chi connectivity index (χ2v) is 9.33. The summed E-state index contributed by atoms with van der Waals surface area (Å²) in [6.07, 6.45) is 7.40. The molecule has 5 aliphatic carbocycles. The van der Waals surface area contributed by atoms with Crippen molar-refractivity contribution in [3.05, 3.63) is 0 Å². The molecular formula is C18H32Cl2N2O. The van der Waals surface area contributed by atoms with Gasteiger partial charge in [-0.1, -0.05) is 0 Å². The summed E-state index contributed by atoms with van der Waals surface area (Å²) in [4.78, 5) is 0. The Morgan fingerprint density at radius 1 is 1.09 bits per heavy atom. The lowest BCUT2D eigenvalue weighted by molar-refractivity contribution is -0.172. The standard InChI is InChI=1S/C18H30N2O.2ClH/c1-11(20-9-16-14-7-19-8-15(14)16)17-3-12-2-13(4-17)6-18(21,5-12)10-17;;/h11-16,19-21H,2-10H2,1H3;2*1H/t11?,12?,13?,14-,15+,16?,17?,18?;;. The van der Waals surface area contributed by atoms with Gasteiger partial charge in [0.05, 0.1) is 5.60 Å². The van der Waals surface area contributed by atoms with Crippen molar-refractivity contribution in [2.45, 2.75) is 57.1 Å². The highest BCUT2D eigenvalue weighted by atomic mass is 35.5.